The molecule has 4 aliphatic rings. The highest BCUT2D eigenvalue weighted by Crippen LogP contribution is 2.55. The molecule has 2 unspecified atom stereocenters. The summed E-state index contributed by atoms with van der Waals surface area (Å²) < 4.78 is 19.0. The number of benzene rings is 1. The summed E-state index contributed by atoms with van der Waals surface area (Å²) in [7, 11) is 0. The van der Waals surface area contributed by atoms with E-state index in [9.17, 15) is 19.1 Å². The smallest absolute Gasteiger partial charge is 0.258 e. The molecule has 1 saturated heterocycles. The van der Waals surface area contributed by atoms with Gasteiger partial charge in [0.05, 0.1) is 11.1 Å². The highest BCUT2D eigenvalue weighted by Gasteiger charge is 2.62. The van der Waals surface area contributed by atoms with Crippen molar-refractivity contribution in [3.05, 3.63) is 29.0 Å². The number of likely N-dealkylation sites (tertiary alicyclic amines) is 1. The van der Waals surface area contributed by atoms with Crippen LogP contribution in [0.5, 0.6) is 5.75 Å². The number of hydrogen-bond donors (Lipinski definition) is 3. The molecule has 1 aliphatic heterocycles. The van der Waals surface area contributed by atoms with Crippen LogP contribution in [-0.4, -0.2) is 65.2 Å². The number of amides is 2. The first-order valence-corrected chi connectivity index (χ1v) is 15.2. The van der Waals surface area contributed by atoms with Gasteiger partial charge in [-0.1, -0.05) is 57.0 Å². The number of carbonyl (C=O) groups excluding carboxylic acids is 2. The molecule has 2 amide bonds. The molecule has 4 fully saturated rings. The molecule has 1 aromatic rings. The van der Waals surface area contributed by atoms with Gasteiger partial charge in [0.15, 0.2) is 6.61 Å². The Hall–Kier alpha value is -1.90. The second-order valence-electron chi connectivity index (χ2n) is 12.1. The van der Waals surface area contributed by atoms with Crippen LogP contribution < -0.4 is 15.4 Å². The molecule has 1 aromatic carbocycles. The lowest BCUT2D eigenvalue weighted by Crippen LogP contribution is -2.67. The molecule has 218 valence electrons. The first kappa shape index (κ1) is 30.1. The maximum atomic E-state index is 13.6. The minimum absolute atomic E-state index is 0.00512. The number of fused-ring (bicyclic) bond motifs is 1. The Balaban J connectivity index is 1.23. The number of ether oxygens (including phenoxy) is 1. The van der Waals surface area contributed by atoms with Gasteiger partial charge in [0.25, 0.3) is 5.91 Å². The summed E-state index contributed by atoms with van der Waals surface area (Å²) in [4.78, 5) is 28.4. The van der Waals surface area contributed by atoms with Crippen molar-refractivity contribution in [1.82, 2.24) is 15.5 Å². The first-order valence-electron chi connectivity index (χ1n) is 14.8. The molecule has 2 atom stereocenters. The topological polar surface area (TPSA) is 90.9 Å². The Labute approximate surface area is 237 Å². The highest BCUT2D eigenvalue weighted by molar-refractivity contribution is 6.30. The molecular formula is C30H45ClFN3O4. The van der Waals surface area contributed by atoms with Gasteiger partial charge in [-0.15, -0.1) is 0 Å². The van der Waals surface area contributed by atoms with Crippen LogP contribution in [0.15, 0.2) is 18.2 Å². The fourth-order valence-electron chi connectivity index (χ4n) is 6.83. The molecule has 7 nitrogen and oxygen atoms in total. The zero-order valence-electron chi connectivity index (χ0n) is 23.3. The number of piperidine rings is 1. The molecule has 0 radical (unpaired) electrons. The summed E-state index contributed by atoms with van der Waals surface area (Å²) in [6, 6.07) is 3.88. The van der Waals surface area contributed by atoms with Crippen molar-refractivity contribution in [1.29, 1.82) is 0 Å². The van der Waals surface area contributed by atoms with Crippen molar-refractivity contribution < 1.29 is 23.8 Å². The number of nitrogens with one attached hydrogen (secondary N) is 2. The third-order valence-electron chi connectivity index (χ3n) is 8.92. The lowest BCUT2D eigenvalue weighted by atomic mass is 9.70. The third-order valence-corrected chi connectivity index (χ3v) is 9.23. The Bertz CT molecular complexity index is 987. The van der Waals surface area contributed by atoms with E-state index in [4.69, 9.17) is 16.3 Å². The Morgan fingerprint density at radius 2 is 1.79 bits per heavy atom. The molecule has 5 rings (SSSR count). The van der Waals surface area contributed by atoms with E-state index in [1.54, 1.807) is 0 Å². The van der Waals surface area contributed by atoms with E-state index in [0.29, 0.717) is 19.3 Å². The molecular weight excluding hydrogens is 521 g/mol. The number of unbranched alkanes of at least 4 members (excludes halogenated alkanes) is 6. The van der Waals surface area contributed by atoms with Crippen LogP contribution in [0.25, 0.3) is 0 Å². The molecule has 3 saturated carbocycles. The molecule has 3 N–H and O–H groups in total. The lowest BCUT2D eigenvalue weighted by molar-refractivity contribution is -0.132. The molecule has 0 aromatic heterocycles. The van der Waals surface area contributed by atoms with Crippen molar-refractivity contribution in [3.8, 4) is 5.75 Å². The van der Waals surface area contributed by atoms with E-state index in [1.165, 1.54) is 50.7 Å². The summed E-state index contributed by atoms with van der Waals surface area (Å²) >= 11 is 5.70. The Morgan fingerprint density at radius 3 is 2.49 bits per heavy atom. The van der Waals surface area contributed by atoms with E-state index in [2.05, 4.69) is 22.5 Å². The van der Waals surface area contributed by atoms with Gasteiger partial charge in [-0.2, -0.15) is 0 Å². The van der Waals surface area contributed by atoms with Crippen molar-refractivity contribution >= 4 is 23.4 Å². The van der Waals surface area contributed by atoms with E-state index < -0.39 is 5.82 Å². The molecule has 2 bridgehead atoms. The first-order chi connectivity index (χ1) is 18.8. The zero-order chi connectivity index (χ0) is 27.9. The summed E-state index contributed by atoms with van der Waals surface area (Å²) in [6.07, 6.45) is 13.4. The predicted molar refractivity (Wildman–Crippen MR) is 150 cm³/mol. The van der Waals surface area contributed by atoms with Gasteiger partial charge in [0.1, 0.15) is 11.6 Å². The highest BCUT2D eigenvalue weighted by atomic mass is 35.5. The van der Waals surface area contributed by atoms with Gasteiger partial charge >= 0.3 is 0 Å². The zero-order valence-corrected chi connectivity index (χ0v) is 24.0. The summed E-state index contributed by atoms with van der Waals surface area (Å²) in [6.45, 7) is 3.92. The van der Waals surface area contributed by atoms with Crippen molar-refractivity contribution in [2.45, 2.75) is 108 Å². The fourth-order valence-corrected chi connectivity index (χ4v) is 6.95. The number of aliphatic hydroxyl groups is 1. The number of carbonyl (C=O) groups is 2. The van der Waals surface area contributed by atoms with Gasteiger partial charge in [0, 0.05) is 23.8 Å². The van der Waals surface area contributed by atoms with Gasteiger partial charge < -0.3 is 20.5 Å². The fraction of sp³-hybridized carbons (Fsp3) is 0.733. The van der Waals surface area contributed by atoms with Gasteiger partial charge in [-0.25, -0.2) is 4.39 Å². The van der Waals surface area contributed by atoms with Gasteiger partial charge in [0.2, 0.25) is 5.91 Å². The van der Waals surface area contributed by atoms with Crippen LogP contribution in [0.4, 0.5) is 4.39 Å². The molecule has 39 heavy (non-hydrogen) atoms. The third kappa shape index (κ3) is 7.86. The number of rotatable bonds is 15. The molecule has 3 aliphatic carbocycles. The van der Waals surface area contributed by atoms with Crippen LogP contribution in [-0.2, 0) is 9.59 Å². The number of nitrogens with zero attached hydrogens (tertiary/aromatic N) is 1. The summed E-state index contributed by atoms with van der Waals surface area (Å²) in [5.74, 6) is -0.369. The standard InChI is InChI=1S/C30H45ClFN3O4/c1-2-3-4-5-6-7-8-14-35-15-11-22(18-36)16-26(35)28(38)34-30-13-12-29(20-30,21-30)33-27(37)19-39-23-9-10-24(31)25(32)17-23/h9-10,17,22,26,36H,2-8,11-16,18-21H2,1H3,(H,33,37)(H,34,38). The van der Waals surface area contributed by atoms with Crippen LogP contribution in [0.1, 0.15) is 90.4 Å². The van der Waals surface area contributed by atoms with Gasteiger partial charge in [-0.3, -0.25) is 14.5 Å². The van der Waals surface area contributed by atoms with E-state index in [-0.39, 0.29) is 58.8 Å². The monoisotopic (exact) mass is 565 g/mol. The van der Waals surface area contributed by atoms with E-state index in [1.807, 2.05) is 0 Å². The number of aliphatic hydroxyl groups excluding tert-OH is 1. The normalized spacial score (nSPS) is 28.1. The van der Waals surface area contributed by atoms with Crippen LogP contribution in [0.2, 0.25) is 5.02 Å². The lowest BCUT2D eigenvalue weighted by Gasteiger charge is -2.49. The SMILES string of the molecule is CCCCCCCCCN1CCC(CO)CC1C(=O)NC12CCC(NC(=O)COc3ccc(Cl)c(F)c3)(C1)C2. The van der Waals surface area contributed by atoms with Crippen molar-refractivity contribution in [2.75, 3.05) is 26.3 Å². The minimum atomic E-state index is -0.590. The summed E-state index contributed by atoms with van der Waals surface area (Å²) in [5.41, 5.74) is -0.599. The molecule has 0 spiro atoms. The minimum Gasteiger partial charge on any atom is -0.484 e. The van der Waals surface area contributed by atoms with Crippen LogP contribution in [0, 0.1) is 11.7 Å². The molecule has 1 heterocycles. The second kappa shape index (κ2) is 13.6. The van der Waals surface area contributed by atoms with Gasteiger partial charge in [-0.05, 0) is 76.1 Å². The van der Waals surface area contributed by atoms with Crippen molar-refractivity contribution in [3.63, 3.8) is 0 Å². The summed E-state index contributed by atoms with van der Waals surface area (Å²) in [5, 5.41) is 16.2. The van der Waals surface area contributed by atoms with Crippen molar-refractivity contribution in [2.24, 2.45) is 5.92 Å². The maximum Gasteiger partial charge on any atom is 0.258 e. The predicted octanol–water partition coefficient (Wildman–Crippen LogP) is 4.98. The van der Waals surface area contributed by atoms with E-state index >= 15 is 0 Å². The number of halogens is 2. The Kier molecular flexibility index (Phi) is 10.5. The average Bonchev–Trinajstić information content (AvgIpc) is 3.43. The largest absolute Gasteiger partial charge is 0.484 e. The average molecular weight is 566 g/mol. The van der Waals surface area contributed by atoms with Crippen LogP contribution >= 0.6 is 11.6 Å². The van der Waals surface area contributed by atoms with Crippen LogP contribution in [0.3, 0.4) is 0 Å². The maximum absolute atomic E-state index is 13.6. The second-order valence-corrected chi connectivity index (χ2v) is 12.5. The number of hydrogen-bond acceptors (Lipinski definition) is 5. The Morgan fingerprint density at radius 1 is 1.10 bits per heavy atom. The quantitative estimate of drug-likeness (QED) is 0.261. The molecule has 9 heteroatoms. The van der Waals surface area contributed by atoms with E-state index in [0.717, 1.165) is 44.8 Å².